The lowest BCUT2D eigenvalue weighted by Crippen LogP contribution is -2.12. The molecule has 11 heteroatoms. The first-order chi connectivity index (χ1) is 14.6. The highest BCUT2D eigenvalue weighted by atomic mass is 79.9. The van der Waals surface area contributed by atoms with Crippen molar-refractivity contribution in [2.75, 3.05) is 11.9 Å². The summed E-state index contributed by atoms with van der Waals surface area (Å²) in [6, 6.07) is 11.0. The van der Waals surface area contributed by atoms with E-state index in [1.54, 1.807) is 30.3 Å². The van der Waals surface area contributed by atoms with E-state index in [2.05, 4.69) is 21.2 Å². The van der Waals surface area contributed by atoms with Gasteiger partial charge in [0.25, 0.3) is 5.91 Å². The highest BCUT2D eigenvalue weighted by Crippen LogP contribution is 2.36. The number of thiophene rings is 1. The average Bonchev–Trinajstić information content (AvgIpc) is 3.31. The summed E-state index contributed by atoms with van der Waals surface area (Å²) in [6.07, 6.45) is -5.27. The lowest BCUT2D eigenvalue weighted by molar-refractivity contribution is -0.136. The van der Waals surface area contributed by atoms with Crippen LogP contribution >= 0.6 is 27.3 Å². The summed E-state index contributed by atoms with van der Waals surface area (Å²) >= 11 is 4.07. The van der Waals surface area contributed by atoms with Crippen LogP contribution in [0.4, 0.5) is 18.9 Å². The number of carboxylic acids is 1. The number of furan rings is 1. The molecule has 0 fully saturated rings. The van der Waals surface area contributed by atoms with Gasteiger partial charge in [0.1, 0.15) is 10.6 Å². The SMILES string of the molecule is O=C(Nc1cc(-c2ccc(OCCCC(F)(F)F)cc2)sc1C(=O)O)c1ccc(Br)o1. The van der Waals surface area contributed by atoms with Crippen molar-refractivity contribution in [3.8, 4) is 16.2 Å². The van der Waals surface area contributed by atoms with E-state index in [1.807, 2.05) is 0 Å². The largest absolute Gasteiger partial charge is 0.494 e. The van der Waals surface area contributed by atoms with Gasteiger partial charge in [0.05, 0.1) is 12.3 Å². The van der Waals surface area contributed by atoms with Crippen molar-refractivity contribution in [1.29, 1.82) is 0 Å². The quantitative estimate of drug-likeness (QED) is 0.335. The normalized spacial score (nSPS) is 11.4. The van der Waals surface area contributed by atoms with Gasteiger partial charge in [-0.05, 0) is 70.4 Å². The van der Waals surface area contributed by atoms with Gasteiger partial charge in [-0.3, -0.25) is 4.79 Å². The van der Waals surface area contributed by atoms with Crippen molar-refractivity contribution in [2.45, 2.75) is 19.0 Å². The Morgan fingerprint density at radius 3 is 2.45 bits per heavy atom. The molecule has 0 unspecified atom stereocenters. The Bertz CT molecular complexity index is 1080. The Morgan fingerprint density at radius 1 is 1.16 bits per heavy atom. The van der Waals surface area contributed by atoms with Crippen molar-refractivity contribution in [2.24, 2.45) is 0 Å². The second-order valence-corrected chi connectivity index (χ2v) is 8.14. The van der Waals surface area contributed by atoms with E-state index in [9.17, 15) is 27.9 Å². The van der Waals surface area contributed by atoms with Crippen LogP contribution in [-0.4, -0.2) is 29.8 Å². The van der Waals surface area contributed by atoms with Gasteiger partial charge < -0.3 is 19.6 Å². The number of rotatable bonds is 8. The minimum Gasteiger partial charge on any atom is -0.494 e. The molecule has 0 saturated carbocycles. The van der Waals surface area contributed by atoms with Crippen molar-refractivity contribution < 1.29 is 37.0 Å². The maximum Gasteiger partial charge on any atom is 0.389 e. The Hall–Kier alpha value is -2.79. The summed E-state index contributed by atoms with van der Waals surface area (Å²) in [7, 11) is 0. The molecule has 31 heavy (non-hydrogen) atoms. The monoisotopic (exact) mass is 517 g/mol. The van der Waals surface area contributed by atoms with Crippen LogP contribution in [0, 0.1) is 0 Å². The second kappa shape index (κ2) is 9.56. The summed E-state index contributed by atoms with van der Waals surface area (Å²) in [5.41, 5.74) is 0.786. The summed E-state index contributed by atoms with van der Waals surface area (Å²) in [4.78, 5) is 24.4. The van der Waals surface area contributed by atoms with Gasteiger partial charge >= 0.3 is 12.1 Å². The molecule has 6 nitrogen and oxygen atoms in total. The fourth-order valence-corrected chi connectivity index (χ4v) is 3.85. The number of carbonyl (C=O) groups is 2. The highest BCUT2D eigenvalue weighted by Gasteiger charge is 2.26. The predicted molar refractivity (Wildman–Crippen MR) is 112 cm³/mol. The van der Waals surface area contributed by atoms with Crippen molar-refractivity contribution in [1.82, 2.24) is 0 Å². The van der Waals surface area contributed by atoms with Crippen LogP contribution in [0.15, 0.2) is 51.6 Å². The second-order valence-electron chi connectivity index (χ2n) is 6.31. The molecule has 2 heterocycles. The van der Waals surface area contributed by atoms with E-state index in [1.165, 1.54) is 12.1 Å². The number of ether oxygens (including phenoxy) is 1. The minimum atomic E-state index is -4.21. The van der Waals surface area contributed by atoms with Crippen LogP contribution in [0.5, 0.6) is 5.75 Å². The molecular formula is C20H15BrF3NO5S. The Morgan fingerprint density at radius 2 is 1.87 bits per heavy atom. The summed E-state index contributed by atoms with van der Waals surface area (Å²) in [5, 5.41) is 12.0. The molecule has 0 spiro atoms. The van der Waals surface area contributed by atoms with Crippen LogP contribution in [0.1, 0.15) is 33.1 Å². The number of anilines is 1. The molecule has 2 N–H and O–H groups in total. The zero-order valence-corrected chi connectivity index (χ0v) is 18.1. The summed E-state index contributed by atoms with van der Waals surface area (Å²) < 4.78 is 47.3. The first kappa shape index (κ1) is 22.9. The third-order valence-corrected chi connectivity index (χ3v) is 5.58. The molecule has 1 aromatic carbocycles. The van der Waals surface area contributed by atoms with Crippen LogP contribution in [-0.2, 0) is 0 Å². The Balaban J connectivity index is 1.70. The number of hydrogen-bond donors (Lipinski definition) is 2. The number of alkyl halides is 3. The minimum absolute atomic E-state index is 0.0167. The molecule has 0 aliphatic carbocycles. The topological polar surface area (TPSA) is 88.8 Å². The van der Waals surface area contributed by atoms with Gasteiger partial charge in [0.2, 0.25) is 0 Å². The summed E-state index contributed by atoms with van der Waals surface area (Å²) in [6.45, 7) is -0.0694. The molecule has 0 aliphatic heterocycles. The molecule has 0 radical (unpaired) electrons. The summed E-state index contributed by atoms with van der Waals surface area (Å²) in [5.74, 6) is -1.38. The predicted octanol–water partition coefficient (Wildman–Crippen LogP) is 6.44. The number of carboxylic acid groups (broad SMARTS) is 1. The maximum atomic E-state index is 12.3. The zero-order chi connectivity index (χ0) is 22.6. The smallest absolute Gasteiger partial charge is 0.389 e. The van der Waals surface area contributed by atoms with Gasteiger partial charge in [0, 0.05) is 11.3 Å². The number of amides is 1. The van der Waals surface area contributed by atoms with Gasteiger partial charge in [-0.1, -0.05) is 0 Å². The molecule has 164 valence electrons. The highest BCUT2D eigenvalue weighted by molar-refractivity contribution is 9.10. The van der Waals surface area contributed by atoms with E-state index in [-0.39, 0.29) is 29.4 Å². The molecule has 3 rings (SSSR count). The standard InChI is InChI=1S/C20H15BrF3NO5S/c21-16-7-6-14(30-16)18(26)25-13-10-15(31-17(13)19(27)28)11-2-4-12(5-3-11)29-9-1-8-20(22,23)24/h2-7,10H,1,8-9H2,(H,25,26)(H,27,28). The molecule has 1 amide bonds. The van der Waals surface area contributed by atoms with Gasteiger partial charge in [-0.15, -0.1) is 11.3 Å². The zero-order valence-electron chi connectivity index (χ0n) is 15.7. The molecule has 0 atom stereocenters. The Kier molecular flexibility index (Phi) is 7.06. The lowest BCUT2D eigenvalue weighted by atomic mass is 10.1. The number of aromatic carboxylic acids is 1. The van der Waals surface area contributed by atoms with Gasteiger partial charge in [0.15, 0.2) is 10.4 Å². The van der Waals surface area contributed by atoms with Gasteiger partial charge in [-0.25, -0.2) is 4.79 Å². The van der Waals surface area contributed by atoms with E-state index in [4.69, 9.17) is 9.15 Å². The van der Waals surface area contributed by atoms with E-state index in [0.717, 1.165) is 11.3 Å². The molecule has 0 bridgehead atoms. The molecular weight excluding hydrogens is 503 g/mol. The molecule has 2 aromatic heterocycles. The number of benzene rings is 1. The van der Waals surface area contributed by atoms with E-state index >= 15 is 0 Å². The van der Waals surface area contributed by atoms with Crippen molar-refractivity contribution in [3.63, 3.8) is 0 Å². The van der Waals surface area contributed by atoms with Crippen LogP contribution in [0.25, 0.3) is 10.4 Å². The first-order valence-corrected chi connectivity index (χ1v) is 10.5. The Labute approximate surface area is 186 Å². The lowest BCUT2D eigenvalue weighted by Gasteiger charge is -2.08. The first-order valence-electron chi connectivity index (χ1n) is 8.86. The van der Waals surface area contributed by atoms with E-state index < -0.39 is 24.5 Å². The molecule has 0 aliphatic rings. The average molecular weight is 518 g/mol. The van der Waals surface area contributed by atoms with E-state index in [0.29, 0.717) is 20.9 Å². The number of hydrogen-bond acceptors (Lipinski definition) is 5. The van der Waals surface area contributed by atoms with Crippen molar-refractivity contribution >= 4 is 44.8 Å². The van der Waals surface area contributed by atoms with Crippen LogP contribution < -0.4 is 10.1 Å². The maximum absolute atomic E-state index is 12.3. The number of carbonyl (C=O) groups excluding carboxylic acids is 1. The fraction of sp³-hybridized carbons (Fsp3) is 0.200. The molecule has 3 aromatic rings. The number of nitrogens with one attached hydrogen (secondary N) is 1. The third kappa shape index (κ3) is 6.34. The van der Waals surface area contributed by atoms with Crippen LogP contribution in [0.3, 0.4) is 0 Å². The van der Waals surface area contributed by atoms with Crippen LogP contribution in [0.2, 0.25) is 0 Å². The molecule has 0 saturated heterocycles. The fourth-order valence-electron chi connectivity index (χ4n) is 2.58. The van der Waals surface area contributed by atoms with Crippen molar-refractivity contribution in [3.05, 3.63) is 57.8 Å². The number of halogens is 4. The third-order valence-electron chi connectivity index (χ3n) is 3.98. The van der Waals surface area contributed by atoms with Gasteiger partial charge in [-0.2, -0.15) is 13.2 Å².